The lowest BCUT2D eigenvalue weighted by Crippen LogP contribution is -2.09. The highest BCUT2D eigenvalue weighted by Crippen LogP contribution is 2.19. The molecule has 0 N–H and O–H groups in total. The lowest BCUT2D eigenvalue weighted by atomic mass is 10.2. The second-order valence-electron chi connectivity index (χ2n) is 4.97. The zero-order valence-corrected chi connectivity index (χ0v) is 12.2. The normalized spacial score (nSPS) is 10.6. The van der Waals surface area contributed by atoms with E-state index in [0.29, 0.717) is 24.5 Å². The van der Waals surface area contributed by atoms with Gasteiger partial charge in [-0.1, -0.05) is 12.1 Å². The van der Waals surface area contributed by atoms with E-state index >= 15 is 0 Å². The molecule has 3 aromatic rings. The smallest absolute Gasteiger partial charge is 0.336 e. The van der Waals surface area contributed by atoms with Crippen molar-refractivity contribution in [3.8, 4) is 11.5 Å². The summed E-state index contributed by atoms with van der Waals surface area (Å²) in [6, 6.07) is 16.4. The number of ether oxygens (including phenoxy) is 2. The molecule has 0 aliphatic rings. The molecular formula is C18H16O4. The van der Waals surface area contributed by atoms with Crippen LogP contribution >= 0.6 is 0 Å². The highest BCUT2D eigenvalue weighted by Gasteiger charge is 2.01. The van der Waals surface area contributed by atoms with E-state index in [1.165, 1.54) is 6.07 Å². The fourth-order valence-electron chi connectivity index (χ4n) is 2.15. The minimum absolute atomic E-state index is 0.368. The van der Waals surface area contributed by atoms with E-state index in [0.717, 1.165) is 16.7 Å². The lowest BCUT2D eigenvalue weighted by Gasteiger charge is -2.09. The largest absolute Gasteiger partial charge is 0.490 e. The second-order valence-corrected chi connectivity index (χ2v) is 4.97. The molecule has 2 aromatic carbocycles. The zero-order chi connectivity index (χ0) is 15.4. The summed E-state index contributed by atoms with van der Waals surface area (Å²) >= 11 is 0. The molecule has 0 amide bonds. The van der Waals surface area contributed by atoms with Crippen LogP contribution in [0.1, 0.15) is 5.56 Å². The van der Waals surface area contributed by atoms with Crippen molar-refractivity contribution in [3.63, 3.8) is 0 Å². The number of hydrogen-bond acceptors (Lipinski definition) is 4. The first-order chi connectivity index (χ1) is 10.7. The maximum atomic E-state index is 11.2. The van der Waals surface area contributed by atoms with Gasteiger partial charge in [-0.3, -0.25) is 0 Å². The van der Waals surface area contributed by atoms with Gasteiger partial charge in [0, 0.05) is 17.5 Å². The molecule has 4 nitrogen and oxygen atoms in total. The van der Waals surface area contributed by atoms with E-state index in [-0.39, 0.29) is 5.63 Å². The van der Waals surface area contributed by atoms with Crippen LogP contribution in [0.3, 0.4) is 0 Å². The molecule has 1 aromatic heterocycles. The van der Waals surface area contributed by atoms with E-state index < -0.39 is 0 Å². The number of rotatable bonds is 5. The van der Waals surface area contributed by atoms with Crippen molar-refractivity contribution >= 4 is 11.0 Å². The van der Waals surface area contributed by atoms with E-state index in [9.17, 15) is 4.79 Å². The summed E-state index contributed by atoms with van der Waals surface area (Å²) in [5.74, 6) is 1.47. The Kier molecular flexibility index (Phi) is 4.10. The monoisotopic (exact) mass is 296 g/mol. The highest BCUT2D eigenvalue weighted by atomic mass is 16.5. The Bertz CT molecular complexity index is 836. The van der Waals surface area contributed by atoms with Gasteiger partial charge < -0.3 is 13.9 Å². The van der Waals surface area contributed by atoms with Gasteiger partial charge in [-0.05, 0) is 42.8 Å². The molecule has 112 valence electrons. The van der Waals surface area contributed by atoms with Gasteiger partial charge in [0.05, 0.1) is 0 Å². The third-order valence-electron chi connectivity index (χ3n) is 3.20. The average Bonchev–Trinajstić information content (AvgIpc) is 2.51. The van der Waals surface area contributed by atoms with Gasteiger partial charge in [-0.15, -0.1) is 0 Å². The van der Waals surface area contributed by atoms with Gasteiger partial charge in [-0.25, -0.2) is 4.79 Å². The van der Waals surface area contributed by atoms with E-state index in [1.807, 2.05) is 43.3 Å². The van der Waals surface area contributed by atoms with Crippen molar-refractivity contribution < 1.29 is 13.9 Å². The Balaban J connectivity index is 1.58. The molecule has 0 radical (unpaired) electrons. The molecule has 0 aliphatic heterocycles. The standard InChI is InChI=1S/C18H16O4/c1-13-3-2-4-15(11-13)20-9-10-21-16-7-5-14-6-8-18(19)22-17(14)12-16/h2-8,11-12H,9-10H2,1H3. The Labute approximate surface area is 127 Å². The second kappa shape index (κ2) is 6.35. The van der Waals surface area contributed by atoms with Crippen LogP contribution in [-0.2, 0) is 0 Å². The summed E-state index contributed by atoms with van der Waals surface area (Å²) in [5.41, 5.74) is 1.31. The van der Waals surface area contributed by atoms with Crippen LogP contribution in [0.2, 0.25) is 0 Å². The Hall–Kier alpha value is -2.75. The molecule has 0 saturated carbocycles. The quantitative estimate of drug-likeness (QED) is 0.533. The molecule has 0 unspecified atom stereocenters. The van der Waals surface area contributed by atoms with E-state index in [1.54, 1.807) is 12.1 Å². The molecule has 0 atom stereocenters. The molecule has 4 heteroatoms. The van der Waals surface area contributed by atoms with Gasteiger partial charge in [0.15, 0.2) is 0 Å². The molecule has 3 rings (SSSR count). The first kappa shape index (κ1) is 14.2. The van der Waals surface area contributed by atoms with Crippen LogP contribution in [-0.4, -0.2) is 13.2 Å². The van der Waals surface area contributed by atoms with Crippen LogP contribution in [0.15, 0.2) is 63.8 Å². The molecule has 0 saturated heterocycles. The van der Waals surface area contributed by atoms with Crippen molar-refractivity contribution in [1.82, 2.24) is 0 Å². The maximum Gasteiger partial charge on any atom is 0.336 e. The summed E-state index contributed by atoms with van der Waals surface area (Å²) < 4.78 is 16.4. The highest BCUT2D eigenvalue weighted by molar-refractivity contribution is 5.77. The van der Waals surface area contributed by atoms with Gasteiger partial charge in [-0.2, -0.15) is 0 Å². The van der Waals surface area contributed by atoms with Gasteiger partial charge in [0.1, 0.15) is 30.3 Å². The van der Waals surface area contributed by atoms with Crippen LogP contribution in [0.5, 0.6) is 11.5 Å². The number of fused-ring (bicyclic) bond motifs is 1. The van der Waals surface area contributed by atoms with Crippen molar-refractivity contribution in [2.24, 2.45) is 0 Å². The Morgan fingerprint density at radius 1 is 0.909 bits per heavy atom. The van der Waals surface area contributed by atoms with Gasteiger partial charge in [0.2, 0.25) is 0 Å². The molecule has 0 aliphatic carbocycles. The molecule has 0 bridgehead atoms. The summed E-state index contributed by atoms with van der Waals surface area (Å²) in [7, 11) is 0. The first-order valence-electron chi connectivity index (χ1n) is 7.07. The van der Waals surface area contributed by atoms with Gasteiger partial charge >= 0.3 is 5.63 Å². The minimum Gasteiger partial charge on any atom is -0.490 e. The third-order valence-corrected chi connectivity index (χ3v) is 3.20. The average molecular weight is 296 g/mol. The molecule has 0 fully saturated rings. The van der Waals surface area contributed by atoms with Crippen LogP contribution in [0.25, 0.3) is 11.0 Å². The first-order valence-corrected chi connectivity index (χ1v) is 7.07. The van der Waals surface area contributed by atoms with Gasteiger partial charge in [0.25, 0.3) is 0 Å². The predicted molar refractivity (Wildman–Crippen MR) is 84.7 cm³/mol. The van der Waals surface area contributed by atoms with Crippen molar-refractivity contribution in [2.45, 2.75) is 6.92 Å². The summed E-state index contributed by atoms with van der Waals surface area (Å²) in [5, 5.41) is 0.864. The van der Waals surface area contributed by atoms with Crippen molar-refractivity contribution in [3.05, 3.63) is 70.6 Å². The number of hydrogen-bond donors (Lipinski definition) is 0. The molecule has 22 heavy (non-hydrogen) atoms. The fraction of sp³-hybridized carbons (Fsp3) is 0.167. The van der Waals surface area contributed by atoms with E-state index in [4.69, 9.17) is 13.9 Å². The number of benzene rings is 2. The van der Waals surface area contributed by atoms with E-state index in [2.05, 4.69) is 0 Å². The SMILES string of the molecule is Cc1cccc(OCCOc2ccc3ccc(=O)oc3c2)c1. The number of aryl methyl sites for hydroxylation is 1. The minimum atomic E-state index is -0.368. The van der Waals surface area contributed by atoms with Crippen LogP contribution < -0.4 is 15.1 Å². The Morgan fingerprint density at radius 2 is 1.64 bits per heavy atom. The molecule has 1 heterocycles. The van der Waals surface area contributed by atoms with Crippen molar-refractivity contribution in [1.29, 1.82) is 0 Å². The Morgan fingerprint density at radius 3 is 2.41 bits per heavy atom. The summed E-state index contributed by atoms with van der Waals surface area (Å²) in [4.78, 5) is 11.2. The summed E-state index contributed by atoms with van der Waals surface area (Å²) in [6.45, 7) is 2.88. The topological polar surface area (TPSA) is 48.7 Å². The van der Waals surface area contributed by atoms with Crippen molar-refractivity contribution in [2.75, 3.05) is 13.2 Å². The summed E-state index contributed by atoms with van der Waals surface area (Å²) in [6.07, 6.45) is 0. The maximum absolute atomic E-state index is 11.2. The van der Waals surface area contributed by atoms with Crippen LogP contribution in [0, 0.1) is 6.92 Å². The molecule has 0 spiro atoms. The zero-order valence-electron chi connectivity index (χ0n) is 12.2. The third kappa shape index (κ3) is 3.47. The lowest BCUT2D eigenvalue weighted by molar-refractivity contribution is 0.217. The predicted octanol–water partition coefficient (Wildman–Crippen LogP) is 3.56. The molecular weight excluding hydrogens is 280 g/mol. The fourth-order valence-corrected chi connectivity index (χ4v) is 2.15. The van der Waals surface area contributed by atoms with Crippen LogP contribution in [0.4, 0.5) is 0 Å².